The van der Waals surface area contributed by atoms with Crippen LogP contribution in [0.5, 0.6) is 11.5 Å². The molecule has 0 aromatic heterocycles. The average Bonchev–Trinajstić information content (AvgIpc) is 2.41. The molecule has 0 heterocycles. The van der Waals surface area contributed by atoms with Crippen LogP contribution in [0, 0.1) is 6.92 Å². The van der Waals surface area contributed by atoms with E-state index in [2.05, 4.69) is 5.32 Å². The molecule has 4 nitrogen and oxygen atoms in total. The zero-order chi connectivity index (χ0) is 14.4. The number of hydrogen-bond donors (Lipinski definition) is 2. The zero-order valence-corrected chi connectivity index (χ0v) is 11.3. The van der Waals surface area contributed by atoms with E-state index in [1.807, 2.05) is 31.2 Å². The van der Waals surface area contributed by atoms with Crippen molar-refractivity contribution in [2.45, 2.75) is 13.3 Å². The molecule has 0 spiro atoms. The van der Waals surface area contributed by atoms with Gasteiger partial charge in [0.2, 0.25) is 5.91 Å². The lowest BCUT2D eigenvalue weighted by atomic mass is 10.2. The SMILES string of the molecule is Cc1ccc(OCCC(=O)Nc2cccc(O)c2)cc1. The Labute approximate surface area is 118 Å². The Morgan fingerprint density at radius 3 is 2.65 bits per heavy atom. The van der Waals surface area contributed by atoms with Crippen molar-refractivity contribution in [2.24, 2.45) is 0 Å². The second-order valence-corrected chi connectivity index (χ2v) is 4.51. The number of hydrogen-bond acceptors (Lipinski definition) is 3. The molecule has 0 aliphatic heterocycles. The number of benzene rings is 2. The van der Waals surface area contributed by atoms with E-state index in [-0.39, 0.29) is 18.1 Å². The van der Waals surface area contributed by atoms with Gasteiger partial charge < -0.3 is 15.2 Å². The van der Waals surface area contributed by atoms with Crippen molar-refractivity contribution in [1.29, 1.82) is 0 Å². The van der Waals surface area contributed by atoms with Gasteiger partial charge in [0.25, 0.3) is 0 Å². The Hall–Kier alpha value is -2.49. The van der Waals surface area contributed by atoms with Crippen LogP contribution in [0.3, 0.4) is 0 Å². The van der Waals surface area contributed by atoms with Crippen molar-refractivity contribution in [1.82, 2.24) is 0 Å². The summed E-state index contributed by atoms with van der Waals surface area (Å²) in [5, 5.41) is 12.0. The molecule has 2 N–H and O–H groups in total. The van der Waals surface area contributed by atoms with E-state index in [0.29, 0.717) is 12.3 Å². The van der Waals surface area contributed by atoms with Crippen LogP contribution in [0.15, 0.2) is 48.5 Å². The first-order valence-corrected chi connectivity index (χ1v) is 6.42. The highest BCUT2D eigenvalue weighted by Gasteiger charge is 2.03. The van der Waals surface area contributed by atoms with Crippen LogP contribution in [0.2, 0.25) is 0 Å². The van der Waals surface area contributed by atoms with Crippen molar-refractivity contribution < 1.29 is 14.6 Å². The van der Waals surface area contributed by atoms with Gasteiger partial charge in [-0.25, -0.2) is 0 Å². The molecule has 2 rings (SSSR count). The average molecular weight is 271 g/mol. The maximum Gasteiger partial charge on any atom is 0.227 e. The fourth-order valence-corrected chi connectivity index (χ4v) is 1.70. The van der Waals surface area contributed by atoms with Gasteiger partial charge in [-0.2, -0.15) is 0 Å². The number of carbonyl (C=O) groups excluding carboxylic acids is 1. The molecule has 0 saturated carbocycles. The lowest BCUT2D eigenvalue weighted by molar-refractivity contribution is -0.116. The van der Waals surface area contributed by atoms with E-state index >= 15 is 0 Å². The van der Waals surface area contributed by atoms with E-state index < -0.39 is 0 Å². The fourth-order valence-electron chi connectivity index (χ4n) is 1.70. The molecule has 4 heteroatoms. The van der Waals surface area contributed by atoms with Crippen LogP contribution in [-0.4, -0.2) is 17.6 Å². The summed E-state index contributed by atoms with van der Waals surface area (Å²) < 4.78 is 5.48. The van der Waals surface area contributed by atoms with Crippen molar-refractivity contribution in [3.8, 4) is 11.5 Å². The smallest absolute Gasteiger partial charge is 0.227 e. The topological polar surface area (TPSA) is 58.6 Å². The fraction of sp³-hybridized carbons (Fsp3) is 0.188. The largest absolute Gasteiger partial charge is 0.508 e. The number of anilines is 1. The summed E-state index contributed by atoms with van der Waals surface area (Å²) in [6, 6.07) is 14.1. The maximum absolute atomic E-state index is 11.7. The lowest BCUT2D eigenvalue weighted by Gasteiger charge is -2.07. The summed E-state index contributed by atoms with van der Waals surface area (Å²) in [6.07, 6.45) is 0.254. The number of nitrogens with one attached hydrogen (secondary N) is 1. The highest BCUT2D eigenvalue weighted by atomic mass is 16.5. The van der Waals surface area contributed by atoms with Crippen LogP contribution < -0.4 is 10.1 Å². The van der Waals surface area contributed by atoms with Gasteiger partial charge in [0.05, 0.1) is 13.0 Å². The molecule has 0 atom stereocenters. The van der Waals surface area contributed by atoms with Gasteiger partial charge in [-0.3, -0.25) is 4.79 Å². The Morgan fingerprint density at radius 1 is 1.20 bits per heavy atom. The van der Waals surface area contributed by atoms with E-state index in [1.54, 1.807) is 18.2 Å². The molecule has 0 unspecified atom stereocenters. The first kappa shape index (κ1) is 13.9. The summed E-state index contributed by atoms with van der Waals surface area (Å²) in [5.74, 6) is 0.724. The molecule has 20 heavy (non-hydrogen) atoms. The van der Waals surface area contributed by atoms with Crippen LogP contribution >= 0.6 is 0 Å². The predicted octanol–water partition coefficient (Wildman–Crippen LogP) is 3.11. The van der Waals surface area contributed by atoms with Crippen molar-refractivity contribution in [3.05, 3.63) is 54.1 Å². The van der Waals surface area contributed by atoms with Crippen LogP contribution in [0.25, 0.3) is 0 Å². The van der Waals surface area contributed by atoms with Gasteiger partial charge in [-0.05, 0) is 31.2 Å². The molecule has 0 fully saturated rings. The maximum atomic E-state index is 11.7. The normalized spacial score (nSPS) is 10.1. The van der Waals surface area contributed by atoms with Gasteiger partial charge >= 0.3 is 0 Å². The molecule has 2 aromatic rings. The Balaban J connectivity index is 1.76. The summed E-state index contributed by atoms with van der Waals surface area (Å²) >= 11 is 0. The quantitative estimate of drug-likeness (QED) is 0.878. The summed E-state index contributed by atoms with van der Waals surface area (Å²) in [5.41, 5.74) is 1.74. The lowest BCUT2D eigenvalue weighted by Crippen LogP contribution is -2.15. The molecular weight excluding hydrogens is 254 g/mol. The molecule has 1 amide bonds. The Morgan fingerprint density at radius 2 is 1.95 bits per heavy atom. The van der Waals surface area contributed by atoms with E-state index in [9.17, 15) is 9.90 Å². The zero-order valence-electron chi connectivity index (χ0n) is 11.3. The summed E-state index contributed by atoms with van der Waals surface area (Å²) in [6.45, 7) is 2.32. The van der Waals surface area contributed by atoms with Crippen LogP contribution in [0.4, 0.5) is 5.69 Å². The number of ether oxygens (including phenoxy) is 1. The third kappa shape index (κ3) is 4.31. The monoisotopic (exact) mass is 271 g/mol. The molecule has 0 aliphatic rings. The molecule has 104 valence electrons. The minimum Gasteiger partial charge on any atom is -0.508 e. The molecule has 0 saturated heterocycles. The number of amides is 1. The minimum absolute atomic E-state index is 0.124. The highest BCUT2D eigenvalue weighted by molar-refractivity contribution is 5.90. The van der Waals surface area contributed by atoms with Gasteiger partial charge in [-0.15, -0.1) is 0 Å². The van der Waals surface area contributed by atoms with Gasteiger partial charge in [0, 0.05) is 11.8 Å². The van der Waals surface area contributed by atoms with E-state index in [0.717, 1.165) is 5.75 Å². The number of rotatable bonds is 5. The first-order chi connectivity index (χ1) is 9.63. The number of aryl methyl sites for hydroxylation is 1. The van der Waals surface area contributed by atoms with Crippen LogP contribution in [-0.2, 0) is 4.79 Å². The van der Waals surface area contributed by atoms with Gasteiger partial charge in [-0.1, -0.05) is 23.8 Å². The number of carbonyl (C=O) groups is 1. The second kappa shape index (κ2) is 6.61. The van der Waals surface area contributed by atoms with Crippen molar-refractivity contribution in [2.75, 3.05) is 11.9 Å². The summed E-state index contributed by atoms with van der Waals surface area (Å²) in [4.78, 5) is 11.7. The second-order valence-electron chi connectivity index (χ2n) is 4.51. The third-order valence-electron chi connectivity index (χ3n) is 2.75. The van der Waals surface area contributed by atoms with Crippen molar-refractivity contribution in [3.63, 3.8) is 0 Å². The van der Waals surface area contributed by atoms with Crippen LogP contribution in [0.1, 0.15) is 12.0 Å². The Bertz CT molecular complexity index is 579. The molecular formula is C16H17NO3. The van der Waals surface area contributed by atoms with Gasteiger partial charge in [0.15, 0.2) is 0 Å². The number of phenols is 1. The molecule has 0 aliphatic carbocycles. The van der Waals surface area contributed by atoms with Crippen molar-refractivity contribution >= 4 is 11.6 Å². The first-order valence-electron chi connectivity index (χ1n) is 6.42. The third-order valence-corrected chi connectivity index (χ3v) is 2.75. The number of aromatic hydroxyl groups is 1. The Kier molecular flexibility index (Phi) is 4.60. The van der Waals surface area contributed by atoms with E-state index in [1.165, 1.54) is 11.6 Å². The molecule has 0 radical (unpaired) electrons. The predicted molar refractivity (Wildman–Crippen MR) is 78.0 cm³/mol. The highest BCUT2D eigenvalue weighted by Crippen LogP contribution is 2.15. The minimum atomic E-state index is -0.150. The standard InChI is InChI=1S/C16H17NO3/c1-12-5-7-15(8-6-12)20-10-9-16(19)17-13-3-2-4-14(18)11-13/h2-8,11,18H,9-10H2,1H3,(H,17,19). The van der Waals surface area contributed by atoms with Gasteiger partial charge in [0.1, 0.15) is 11.5 Å². The summed E-state index contributed by atoms with van der Waals surface area (Å²) in [7, 11) is 0. The molecule has 0 bridgehead atoms. The molecule has 2 aromatic carbocycles. The number of phenolic OH excluding ortho intramolecular Hbond substituents is 1. The van der Waals surface area contributed by atoms with E-state index in [4.69, 9.17) is 4.74 Å².